The Morgan fingerprint density at radius 1 is 1.10 bits per heavy atom. The Morgan fingerprint density at radius 3 is 2.20 bits per heavy atom. The fraction of sp³-hybridized carbons (Fsp3) is 1.00. The second kappa shape index (κ2) is 6.75. The molecule has 1 rings (SSSR count). The first kappa shape index (κ1) is 17.9. The Morgan fingerprint density at radius 2 is 1.70 bits per heavy atom. The first-order chi connectivity index (χ1) is 9.20. The van der Waals surface area contributed by atoms with Crippen LogP contribution in [0.15, 0.2) is 0 Å². The molecule has 0 bridgehead atoms. The summed E-state index contributed by atoms with van der Waals surface area (Å²) in [6, 6.07) is 0. The van der Waals surface area contributed by atoms with E-state index in [0.29, 0.717) is 24.5 Å². The van der Waals surface area contributed by atoms with Crippen LogP contribution in [-0.4, -0.2) is 55.5 Å². The van der Waals surface area contributed by atoms with Crippen LogP contribution < -0.4 is 5.32 Å². The summed E-state index contributed by atoms with van der Waals surface area (Å²) in [6.07, 6.45) is 2.82. The van der Waals surface area contributed by atoms with Crippen molar-refractivity contribution >= 4 is 9.84 Å². The van der Waals surface area contributed by atoms with E-state index in [2.05, 4.69) is 37.9 Å². The number of piperazine rings is 1. The van der Waals surface area contributed by atoms with E-state index in [0.717, 1.165) is 25.9 Å². The molecule has 120 valence electrons. The molecule has 0 radical (unpaired) electrons. The van der Waals surface area contributed by atoms with Gasteiger partial charge in [0.15, 0.2) is 9.84 Å². The van der Waals surface area contributed by atoms with Crippen LogP contribution in [-0.2, 0) is 9.84 Å². The van der Waals surface area contributed by atoms with Crippen LogP contribution in [0.5, 0.6) is 0 Å². The Hall–Kier alpha value is -0.130. The van der Waals surface area contributed by atoms with E-state index >= 15 is 0 Å². The van der Waals surface area contributed by atoms with Crippen LogP contribution in [0.2, 0.25) is 0 Å². The number of hydrogen-bond donors (Lipinski definition) is 1. The van der Waals surface area contributed by atoms with Gasteiger partial charge in [-0.15, -0.1) is 0 Å². The smallest absolute Gasteiger partial charge is 0.151 e. The first-order valence-electron chi connectivity index (χ1n) is 7.91. The normalized spacial score (nSPS) is 22.9. The van der Waals surface area contributed by atoms with Crippen molar-refractivity contribution in [3.63, 3.8) is 0 Å². The molecular weight excluding hydrogens is 272 g/mol. The molecule has 1 fully saturated rings. The molecule has 1 heterocycles. The van der Waals surface area contributed by atoms with Crippen molar-refractivity contribution in [2.24, 2.45) is 0 Å². The lowest BCUT2D eigenvalue weighted by Crippen LogP contribution is -2.68. The minimum atomic E-state index is -2.90. The van der Waals surface area contributed by atoms with E-state index < -0.39 is 9.84 Å². The second-order valence-electron chi connectivity index (χ2n) is 6.74. The summed E-state index contributed by atoms with van der Waals surface area (Å²) >= 11 is 0. The quantitative estimate of drug-likeness (QED) is 0.782. The van der Waals surface area contributed by atoms with Gasteiger partial charge in [-0.2, -0.15) is 0 Å². The molecule has 0 aromatic carbocycles. The summed E-state index contributed by atoms with van der Waals surface area (Å²) < 4.78 is 24.0. The molecule has 1 aliphatic heterocycles. The van der Waals surface area contributed by atoms with Crippen molar-refractivity contribution in [2.45, 2.75) is 65.0 Å². The predicted molar refractivity (Wildman–Crippen MR) is 85.9 cm³/mol. The summed E-state index contributed by atoms with van der Waals surface area (Å²) in [7, 11) is -2.90. The summed E-state index contributed by atoms with van der Waals surface area (Å²) in [5.41, 5.74) is 0.166. The molecule has 0 aromatic heterocycles. The maximum absolute atomic E-state index is 12.0. The molecule has 1 saturated heterocycles. The molecular formula is C15H32N2O2S. The Bertz CT molecular complexity index is 400. The van der Waals surface area contributed by atoms with Crippen molar-refractivity contribution < 1.29 is 8.42 Å². The minimum absolute atomic E-state index is 0.0579. The van der Waals surface area contributed by atoms with Crippen molar-refractivity contribution in [3.05, 3.63) is 0 Å². The zero-order valence-electron chi connectivity index (χ0n) is 13.8. The largest absolute Gasteiger partial charge is 0.309 e. The van der Waals surface area contributed by atoms with Crippen LogP contribution >= 0.6 is 0 Å². The minimum Gasteiger partial charge on any atom is -0.309 e. The Labute approximate surface area is 125 Å². The molecule has 20 heavy (non-hydrogen) atoms. The zero-order chi connectivity index (χ0) is 15.4. The highest BCUT2D eigenvalue weighted by molar-refractivity contribution is 7.91. The summed E-state index contributed by atoms with van der Waals surface area (Å²) in [4.78, 5) is 2.41. The monoisotopic (exact) mass is 304 g/mol. The number of hydrogen-bond acceptors (Lipinski definition) is 4. The highest BCUT2D eigenvalue weighted by Gasteiger charge is 2.41. The van der Waals surface area contributed by atoms with Gasteiger partial charge in [-0.25, -0.2) is 8.42 Å². The van der Waals surface area contributed by atoms with E-state index in [-0.39, 0.29) is 11.1 Å². The molecule has 0 saturated carbocycles. The van der Waals surface area contributed by atoms with Gasteiger partial charge in [-0.05, 0) is 33.1 Å². The third-order valence-corrected chi connectivity index (χ3v) is 6.49. The molecule has 0 spiro atoms. The molecule has 1 N–H and O–H groups in total. The molecule has 5 heteroatoms. The van der Waals surface area contributed by atoms with Crippen LogP contribution in [0, 0.1) is 0 Å². The third-order valence-electron chi connectivity index (χ3n) is 4.66. The molecule has 1 aliphatic rings. The average Bonchev–Trinajstić information content (AvgIpc) is 2.36. The summed E-state index contributed by atoms with van der Waals surface area (Å²) in [5, 5.41) is 3.61. The summed E-state index contributed by atoms with van der Waals surface area (Å²) in [5.74, 6) is 0.604. The third kappa shape index (κ3) is 4.43. The molecule has 0 unspecified atom stereocenters. The molecule has 0 atom stereocenters. The SMILES string of the molecule is CCCS(=O)(=O)CCN1CC(C)(C)NCC1(CC)CC. The summed E-state index contributed by atoms with van der Waals surface area (Å²) in [6.45, 7) is 13.2. The molecule has 4 nitrogen and oxygen atoms in total. The maximum Gasteiger partial charge on any atom is 0.151 e. The van der Waals surface area contributed by atoms with E-state index in [9.17, 15) is 8.42 Å². The van der Waals surface area contributed by atoms with Crippen molar-refractivity contribution in [1.29, 1.82) is 0 Å². The van der Waals surface area contributed by atoms with Gasteiger partial charge in [0, 0.05) is 36.5 Å². The van der Waals surface area contributed by atoms with Gasteiger partial charge >= 0.3 is 0 Å². The average molecular weight is 305 g/mol. The first-order valence-corrected chi connectivity index (χ1v) is 9.73. The number of sulfone groups is 1. The highest BCUT2D eigenvalue weighted by Crippen LogP contribution is 2.29. The Kier molecular flexibility index (Phi) is 6.05. The van der Waals surface area contributed by atoms with Crippen molar-refractivity contribution in [2.75, 3.05) is 31.1 Å². The van der Waals surface area contributed by atoms with Gasteiger partial charge in [-0.3, -0.25) is 4.90 Å². The van der Waals surface area contributed by atoms with Crippen molar-refractivity contribution in [1.82, 2.24) is 10.2 Å². The fourth-order valence-corrected chi connectivity index (χ4v) is 4.47. The standard InChI is InChI=1S/C15H32N2O2S/c1-6-10-20(18,19)11-9-17-13-14(4,5)16-12-15(17,7-2)8-3/h16H,6-13H2,1-5H3. The molecule has 0 aromatic rings. The number of nitrogens with one attached hydrogen (secondary N) is 1. The van der Waals surface area contributed by atoms with Gasteiger partial charge in [0.25, 0.3) is 0 Å². The van der Waals surface area contributed by atoms with Crippen LogP contribution in [0.4, 0.5) is 0 Å². The lowest BCUT2D eigenvalue weighted by atomic mass is 9.84. The van der Waals surface area contributed by atoms with Crippen LogP contribution in [0.25, 0.3) is 0 Å². The molecule has 0 amide bonds. The van der Waals surface area contributed by atoms with Gasteiger partial charge < -0.3 is 5.32 Å². The fourth-order valence-electron chi connectivity index (χ4n) is 3.14. The maximum atomic E-state index is 12.0. The lowest BCUT2D eigenvalue weighted by Gasteiger charge is -2.52. The number of rotatable bonds is 7. The van der Waals surface area contributed by atoms with E-state index in [1.807, 2.05) is 6.92 Å². The van der Waals surface area contributed by atoms with E-state index in [1.54, 1.807) is 0 Å². The highest BCUT2D eigenvalue weighted by atomic mass is 32.2. The van der Waals surface area contributed by atoms with E-state index in [4.69, 9.17) is 0 Å². The lowest BCUT2D eigenvalue weighted by molar-refractivity contribution is 0.0140. The van der Waals surface area contributed by atoms with Gasteiger partial charge in [0.2, 0.25) is 0 Å². The van der Waals surface area contributed by atoms with Crippen LogP contribution in [0.1, 0.15) is 53.9 Å². The van der Waals surface area contributed by atoms with Crippen molar-refractivity contribution in [3.8, 4) is 0 Å². The Balaban J connectivity index is 2.80. The zero-order valence-corrected chi connectivity index (χ0v) is 14.6. The number of nitrogens with zero attached hydrogens (tertiary/aromatic N) is 1. The van der Waals surface area contributed by atoms with E-state index in [1.165, 1.54) is 0 Å². The predicted octanol–water partition coefficient (Wildman–Crippen LogP) is 2.05. The second-order valence-corrected chi connectivity index (χ2v) is 9.05. The van der Waals surface area contributed by atoms with Gasteiger partial charge in [0.05, 0.1) is 5.75 Å². The van der Waals surface area contributed by atoms with Crippen LogP contribution in [0.3, 0.4) is 0 Å². The van der Waals surface area contributed by atoms with Gasteiger partial charge in [-0.1, -0.05) is 20.8 Å². The van der Waals surface area contributed by atoms with Gasteiger partial charge in [0.1, 0.15) is 0 Å². The molecule has 0 aliphatic carbocycles. The topological polar surface area (TPSA) is 49.4 Å².